The summed E-state index contributed by atoms with van der Waals surface area (Å²) in [7, 11) is 18.4. The monoisotopic (exact) mass is 965 g/mol. The van der Waals surface area contributed by atoms with Crippen molar-refractivity contribution < 1.29 is 15.6 Å². The summed E-state index contributed by atoms with van der Waals surface area (Å²) in [6, 6.07) is 24.9. The number of halogens is 2. The number of rotatable bonds is 17. The molecule has 0 N–H and O–H groups in total. The summed E-state index contributed by atoms with van der Waals surface area (Å²) in [5.41, 5.74) is 22.8. The Morgan fingerprint density at radius 3 is 1.08 bits per heavy atom. The van der Waals surface area contributed by atoms with E-state index in [1.165, 1.54) is 89.0 Å². The Labute approximate surface area is 388 Å². The van der Waals surface area contributed by atoms with Gasteiger partial charge in [0.2, 0.25) is 0 Å². The van der Waals surface area contributed by atoms with Crippen LogP contribution in [-0.4, -0.2) is 5.92 Å². The molecule has 6 rings (SSSR count). The summed E-state index contributed by atoms with van der Waals surface area (Å²) in [6.45, 7) is 38.1. The average molecular weight is 969 g/mol. The fourth-order valence-corrected chi connectivity index (χ4v) is 42.3. The Balaban J connectivity index is 1.72. The number of benzene rings is 4. The van der Waals surface area contributed by atoms with Gasteiger partial charge in [-0.3, -0.25) is 0 Å². The van der Waals surface area contributed by atoms with E-state index in [-0.39, 0.29) is 7.25 Å². The van der Waals surface area contributed by atoms with Gasteiger partial charge < -0.3 is 0 Å². The second-order valence-corrected chi connectivity index (χ2v) is 63.8. The zero-order valence-electron chi connectivity index (χ0n) is 41.6. The predicted molar refractivity (Wildman–Crippen MR) is 279 cm³/mol. The third-order valence-corrected chi connectivity index (χ3v) is 67.1. The maximum atomic E-state index is 9.21. The first-order chi connectivity index (χ1) is 29.2. The Kier molecular flexibility index (Phi) is 15.5. The van der Waals surface area contributed by atoms with Crippen molar-refractivity contribution in [3.8, 4) is 22.3 Å². The van der Waals surface area contributed by atoms with E-state index in [1.807, 2.05) is 0 Å². The molecule has 62 heavy (non-hydrogen) atoms. The second kappa shape index (κ2) is 19.5. The molecular formula is C58H81Cl2SiZr. The van der Waals surface area contributed by atoms with Gasteiger partial charge in [0.1, 0.15) is 0 Å². The molecule has 0 amide bonds. The van der Waals surface area contributed by atoms with Crippen LogP contribution in [0.5, 0.6) is 0 Å². The van der Waals surface area contributed by atoms with Crippen LogP contribution in [0.1, 0.15) is 209 Å². The fourth-order valence-electron chi connectivity index (χ4n) is 11.0. The molecule has 2 aliphatic rings. The van der Waals surface area contributed by atoms with Crippen molar-refractivity contribution in [2.75, 3.05) is 0 Å². The second-order valence-electron chi connectivity index (χ2n) is 21.3. The molecule has 0 spiro atoms. The number of aryl methyl sites for hydroxylation is 2. The minimum absolute atomic E-state index is 0.0580. The Morgan fingerprint density at radius 1 is 0.500 bits per heavy atom. The molecule has 0 saturated heterocycles. The summed E-state index contributed by atoms with van der Waals surface area (Å²) in [5, 5.41) is 0. The molecule has 0 aliphatic heterocycles. The summed E-state index contributed by atoms with van der Waals surface area (Å²) >= 11 is -5.14. The normalized spacial score (nSPS) is 18.1. The van der Waals surface area contributed by atoms with E-state index < -0.39 is 21.5 Å². The zero-order chi connectivity index (χ0) is 45.6. The van der Waals surface area contributed by atoms with Crippen molar-refractivity contribution in [1.82, 2.24) is 0 Å². The van der Waals surface area contributed by atoms with Crippen molar-refractivity contribution in [3.63, 3.8) is 0 Å². The molecule has 4 unspecified atom stereocenters. The molecule has 0 bridgehead atoms. The van der Waals surface area contributed by atoms with Crippen LogP contribution < -0.4 is 0 Å². The van der Waals surface area contributed by atoms with E-state index in [2.05, 4.69) is 183 Å². The topological polar surface area (TPSA) is 0 Å². The summed E-state index contributed by atoms with van der Waals surface area (Å²) in [4.78, 5) is 0. The van der Waals surface area contributed by atoms with Crippen LogP contribution in [0.25, 0.3) is 34.4 Å². The van der Waals surface area contributed by atoms with Crippen molar-refractivity contribution in [2.24, 2.45) is 11.8 Å². The summed E-state index contributed by atoms with van der Waals surface area (Å²) in [6.07, 6.45) is 11.7. The van der Waals surface area contributed by atoms with Gasteiger partial charge in [0.05, 0.1) is 0 Å². The van der Waals surface area contributed by atoms with Gasteiger partial charge in [0.15, 0.2) is 0 Å². The molecule has 0 saturated carbocycles. The fraction of sp³-hybridized carbons (Fsp3) is 0.517. The van der Waals surface area contributed by atoms with Crippen molar-refractivity contribution in [1.29, 1.82) is 0 Å². The minimum atomic E-state index is -5.14. The molecule has 0 fully saturated rings. The van der Waals surface area contributed by atoms with E-state index >= 15 is 0 Å². The zero-order valence-corrected chi connectivity index (χ0v) is 46.7. The van der Waals surface area contributed by atoms with E-state index in [0.29, 0.717) is 35.5 Å². The Morgan fingerprint density at radius 2 is 0.823 bits per heavy atom. The molecule has 0 heterocycles. The van der Waals surface area contributed by atoms with E-state index in [0.717, 1.165) is 38.5 Å². The molecule has 4 aromatic rings. The third kappa shape index (κ3) is 8.85. The van der Waals surface area contributed by atoms with Crippen molar-refractivity contribution in [2.45, 2.75) is 179 Å². The summed E-state index contributed by atoms with van der Waals surface area (Å²) < 4.78 is 0.116. The van der Waals surface area contributed by atoms with E-state index in [9.17, 15) is 17.0 Å². The van der Waals surface area contributed by atoms with E-state index in [1.54, 1.807) is 0 Å². The molecule has 4 aromatic carbocycles. The van der Waals surface area contributed by atoms with Crippen LogP contribution >= 0.6 is 17.0 Å². The van der Waals surface area contributed by atoms with Crippen LogP contribution in [0, 0.1) is 11.8 Å². The number of hydrogen-bond acceptors (Lipinski definition) is 0. The van der Waals surface area contributed by atoms with Gasteiger partial charge in [-0.25, -0.2) is 0 Å². The first kappa shape index (κ1) is 49.5. The third-order valence-electron chi connectivity index (χ3n) is 15.4. The van der Waals surface area contributed by atoms with Gasteiger partial charge in [0.25, 0.3) is 0 Å². The molecule has 4 heteroatoms. The van der Waals surface area contributed by atoms with Crippen LogP contribution in [0.4, 0.5) is 0 Å². The van der Waals surface area contributed by atoms with Gasteiger partial charge in [-0.05, 0) is 0 Å². The SMILES string of the molecule is CCCc1ccc2c(c1-c1cc(C(C)C)cc(C(C)C)c1)C=C(C(C)CC)[CH]2[Zr]([Cl])([Cl])([CH]1C(C(C)CC)=Cc2c1ccc(CCC)c2-c1cc(C(C)C)cc(C(C)C)c1)[SiH](C)C. The number of fused-ring (bicyclic) bond motifs is 2. The Bertz CT molecular complexity index is 2130. The van der Waals surface area contributed by atoms with Crippen LogP contribution in [-0.2, 0) is 28.4 Å². The summed E-state index contributed by atoms with van der Waals surface area (Å²) in [5.74, 6) is 0.750. The number of hydrogen-bond donors (Lipinski definition) is 0. The quantitative estimate of drug-likeness (QED) is 0.0925. The van der Waals surface area contributed by atoms with Gasteiger partial charge in [-0.1, -0.05) is 0 Å². The number of allylic oxidation sites excluding steroid dienone is 2. The maximum absolute atomic E-state index is 9.21. The molecule has 2 aliphatic carbocycles. The first-order valence-corrected chi connectivity index (χ1v) is 41.2. The van der Waals surface area contributed by atoms with Crippen LogP contribution in [0.3, 0.4) is 0 Å². The van der Waals surface area contributed by atoms with Gasteiger partial charge >= 0.3 is 392 Å². The Hall–Kier alpha value is -1.96. The molecule has 4 atom stereocenters. The molecule has 335 valence electrons. The predicted octanol–water partition coefficient (Wildman–Crippen LogP) is 19.1. The van der Waals surface area contributed by atoms with Crippen LogP contribution in [0.2, 0.25) is 13.1 Å². The van der Waals surface area contributed by atoms with Crippen molar-refractivity contribution >= 4 is 35.1 Å². The standard InChI is InChI=1S/2C28H37.C2H7Si.2ClH.Zr/c2*1-8-10-21-11-12-22-13-25(20(7)9-2)17-27(22)28(21)26-15-23(18(3)4)14-24(16-26)19(5)6;1-3-2;;;/h2*11-20H,8-10H2,1-7H3;3H,1-2H3;2*1H;/q;;;;;+2/p-2. The molecule has 0 nitrogen and oxygen atoms in total. The van der Waals surface area contributed by atoms with Crippen molar-refractivity contribution in [3.05, 3.63) is 127 Å². The first-order valence-electron chi connectivity index (χ1n) is 24.9. The average Bonchev–Trinajstić information content (AvgIpc) is 3.84. The van der Waals surface area contributed by atoms with Gasteiger partial charge in [0, 0.05) is 0 Å². The van der Waals surface area contributed by atoms with Gasteiger partial charge in [-0.15, -0.1) is 0 Å². The molecule has 0 radical (unpaired) electrons. The van der Waals surface area contributed by atoms with Crippen LogP contribution in [0.15, 0.2) is 71.8 Å². The van der Waals surface area contributed by atoms with Gasteiger partial charge in [-0.2, -0.15) is 0 Å². The molecule has 0 aromatic heterocycles. The molecular weight excluding hydrogens is 887 g/mol. The van der Waals surface area contributed by atoms with E-state index in [4.69, 9.17) is 0 Å².